The van der Waals surface area contributed by atoms with E-state index in [1.54, 1.807) is 15.9 Å². The molecule has 1 amide bonds. The van der Waals surface area contributed by atoms with Gasteiger partial charge < -0.3 is 5.32 Å². The van der Waals surface area contributed by atoms with Crippen LogP contribution in [0.15, 0.2) is 40.2 Å². The minimum atomic E-state index is -0.489. The second kappa shape index (κ2) is 7.00. The van der Waals surface area contributed by atoms with Gasteiger partial charge in [-0.05, 0) is 61.3 Å². The molecule has 0 bridgehead atoms. The van der Waals surface area contributed by atoms with Crippen molar-refractivity contribution in [3.8, 4) is 10.7 Å². The van der Waals surface area contributed by atoms with Crippen LogP contribution in [-0.2, 0) is 4.79 Å². The maximum atomic E-state index is 12.7. The molecular formula is C16H15BrN4OS2. The van der Waals surface area contributed by atoms with Gasteiger partial charge in [-0.3, -0.25) is 14.5 Å². The van der Waals surface area contributed by atoms with Gasteiger partial charge in [-0.25, -0.2) is 0 Å². The molecule has 3 rings (SSSR count). The van der Waals surface area contributed by atoms with Gasteiger partial charge in [0, 0.05) is 10.2 Å². The van der Waals surface area contributed by atoms with Crippen molar-refractivity contribution in [2.24, 2.45) is 0 Å². The van der Waals surface area contributed by atoms with E-state index in [0.29, 0.717) is 10.6 Å². The van der Waals surface area contributed by atoms with Crippen LogP contribution < -0.4 is 5.32 Å². The lowest BCUT2D eigenvalue weighted by atomic mass is 10.2. The van der Waals surface area contributed by atoms with Gasteiger partial charge in [0.2, 0.25) is 5.91 Å². The Morgan fingerprint density at radius 3 is 2.92 bits per heavy atom. The molecule has 0 radical (unpaired) electrons. The molecule has 124 valence electrons. The fourth-order valence-corrected chi connectivity index (χ4v) is 3.84. The number of nitrogens with zero attached hydrogens (tertiary/aromatic N) is 2. The molecule has 1 aromatic carbocycles. The molecule has 2 heterocycles. The highest BCUT2D eigenvalue weighted by atomic mass is 79.9. The first kappa shape index (κ1) is 17.1. The van der Waals surface area contributed by atoms with Crippen LogP contribution in [0, 0.1) is 11.7 Å². The minimum Gasteiger partial charge on any atom is -0.324 e. The van der Waals surface area contributed by atoms with E-state index in [-0.39, 0.29) is 5.91 Å². The summed E-state index contributed by atoms with van der Waals surface area (Å²) in [4.78, 5) is 13.7. The lowest BCUT2D eigenvalue weighted by Gasteiger charge is -2.16. The molecule has 0 saturated carbocycles. The third kappa shape index (κ3) is 3.35. The first-order chi connectivity index (χ1) is 11.5. The van der Waals surface area contributed by atoms with Gasteiger partial charge in [0.25, 0.3) is 0 Å². The van der Waals surface area contributed by atoms with Gasteiger partial charge in [-0.2, -0.15) is 5.10 Å². The van der Waals surface area contributed by atoms with E-state index in [4.69, 9.17) is 12.2 Å². The number of halogens is 1. The second-order valence-corrected chi connectivity index (χ2v) is 7.57. The molecule has 8 heteroatoms. The van der Waals surface area contributed by atoms with E-state index in [9.17, 15) is 4.79 Å². The second-order valence-electron chi connectivity index (χ2n) is 5.32. The summed E-state index contributed by atoms with van der Waals surface area (Å²) in [6.45, 7) is 3.76. The summed E-state index contributed by atoms with van der Waals surface area (Å²) in [6, 6.07) is 9.14. The lowest BCUT2D eigenvalue weighted by molar-refractivity contribution is -0.118. The van der Waals surface area contributed by atoms with Gasteiger partial charge in [0.15, 0.2) is 10.6 Å². The molecule has 0 fully saturated rings. The van der Waals surface area contributed by atoms with Crippen LogP contribution in [0.1, 0.15) is 18.5 Å². The molecule has 0 saturated heterocycles. The number of thiophene rings is 1. The summed E-state index contributed by atoms with van der Waals surface area (Å²) < 4.78 is 3.14. The lowest BCUT2D eigenvalue weighted by Crippen LogP contribution is -2.24. The zero-order valence-electron chi connectivity index (χ0n) is 13.0. The molecule has 3 aromatic rings. The van der Waals surface area contributed by atoms with E-state index in [2.05, 4.69) is 31.4 Å². The van der Waals surface area contributed by atoms with E-state index in [1.165, 1.54) is 0 Å². The molecule has 0 aliphatic carbocycles. The third-order valence-electron chi connectivity index (χ3n) is 3.66. The average molecular weight is 423 g/mol. The van der Waals surface area contributed by atoms with Gasteiger partial charge >= 0.3 is 0 Å². The molecule has 24 heavy (non-hydrogen) atoms. The standard InChI is InChI=1S/C16H15BrN4OS2/c1-9-8-11(17)5-6-12(9)18-15(22)10(2)21-14(19-20-16(21)23)13-4-3-7-24-13/h3-8,10H,1-2H3,(H,18,22)(H,20,23)/t10-/m1/s1. The van der Waals surface area contributed by atoms with Gasteiger partial charge in [0.05, 0.1) is 4.88 Å². The molecule has 0 unspecified atom stereocenters. The topological polar surface area (TPSA) is 62.7 Å². The van der Waals surface area contributed by atoms with Crippen molar-refractivity contribution in [3.05, 3.63) is 50.5 Å². The molecule has 1 atom stereocenters. The Morgan fingerprint density at radius 2 is 2.25 bits per heavy atom. The largest absolute Gasteiger partial charge is 0.324 e. The molecule has 5 nitrogen and oxygen atoms in total. The van der Waals surface area contributed by atoms with E-state index >= 15 is 0 Å². The van der Waals surface area contributed by atoms with Crippen molar-refractivity contribution in [2.75, 3.05) is 5.32 Å². The smallest absolute Gasteiger partial charge is 0.247 e. The van der Waals surface area contributed by atoms with E-state index < -0.39 is 6.04 Å². The average Bonchev–Trinajstić information content (AvgIpc) is 3.18. The number of nitrogens with one attached hydrogen (secondary N) is 2. The zero-order chi connectivity index (χ0) is 17.3. The maximum absolute atomic E-state index is 12.7. The first-order valence-corrected chi connectivity index (χ1v) is 9.33. The van der Waals surface area contributed by atoms with Crippen LogP contribution in [-0.4, -0.2) is 20.7 Å². The van der Waals surface area contributed by atoms with Crippen molar-refractivity contribution in [2.45, 2.75) is 19.9 Å². The molecule has 2 aromatic heterocycles. The number of hydrogen-bond acceptors (Lipinski definition) is 4. The highest BCUT2D eigenvalue weighted by molar-refractivity contribution is 9.10. The molecule has 2 N–H and O–H groups in total. The summed E-state index contributed by atoms with van der Waals surface area (Å²) >= 11 is 10.3. The van der Waals surface area contributed by atoms with Crippen molar-refractivity contribution < 1.29 is 4.79 Å². The van der Waals surface area contributed by atoms with Crippen LogP contribution >= 0.6 is 39.5 Å². The SMILES string of the molecule is Cc1cc(Br)ccc1NC(=O)[C@@H](C)n1c(-c2cccs2)n[nH]c1=S. The van der Waals surface area contributed by atoms with Crippen LogP contribution in [0.25, 0.3) is 10.7 Å². The number of amides is 1. The highest BCUT2D eigenvalue weighted by Gasteiger charge is 2.21. The Kier molecular flexibility index (Phi) is 4.98. The Morgan fingerprint density at radius 1 is 1.46 bits per heavy atom. The predicted molar refractivity (Wildman–Crippen MR) is 103 cm³/mol. The number of carbonyl (C=O) groups excluding carboxylic acids is 1. The number of aromatic amines is 1. The quantitative estimate of drug-likeness (QED) is 0.585. The summed E-state index contributed by atoms with van der Waals surface area (Å²) in [5, 5.41) is 12.0. The Labute approximate surface area is 156 Å². The zero-order valence-corrected chi connectivity index (χ0v) is 16.3. The molecule has 0 aliphatic heterocycles. The number of benzene rings is 1. The van der Waals surface area contributed by atoms with Crippen LogP contribution in [0.4, 0.5) is 5.69 Å². The Balaban J connectivity index is 1.89. The number of aryl methyl sites for hydroxylation is 1. The van der Waals surface area contributed by atoms with Gasteiger partial charge in [-0.15, -0.1) is 11.3 Å². The molecule has 0 aliphatic rings. The van der Waals surface area contributed by atoms with Gasteiger partial charge in [0.1, 0.15) is 6.04 Å². The number of carbonyl (C=O) groups is 1. The normalized spacial score (nSPS) is 12.1. The summed E-state index contributed by atoms with van der Waals surface area (Å²) in [5.41, 5.74) is 1.77. The van der Waals surface area contributed by atoms with Crippen LogP contribution in [0.5, 0.6) is 0 Å². The van der Waals surface area contributed by atoms with Crippen molar-refractivity contribution in [3.63, 3.8) is 0 Å². The van der Waals surface area contributed by atoms with Crippen molar-refractivity contribution in [1.82, 2.24) is 14.8 Å². The fourth-order valence-electron chi connectivity index (χ4n) is 2.37. The first-order valence-electron chi connectivity index (χ1n) is 7.25. The number of aromatic nitrogens is 3. The van der Waals surface area contributed by atoms with Gasteiger partial charge in [-0.1, -0.05) is 22.0 Å². The van der Waals surface area contributed by atoms with Crippen molar-refractivity contribution >= 4 is 51.1 Å². The molecular weight excluding hydrogens is 408 g/mol. The predicted octanol–water partition coefficient (Wildman–Crippen LogP) is 4.94. The van der Waals surface area contributed by atoms with E-state index in [0.717, 1.165) is 20.6 Å². The Bertz CT molecular complexity index is 930. The number of anilines is 1. The third-order valence-corrected chi connectivity index (χ3v) is 5.31. The van der Waals surface area contributed by atoms with Crippen LogP contribution in [0.3, 0.4) is 0 Å². The maximum Gasteiger partial charge on any atom is 0.247 e. The molecule has 0 spiro atoms. The Hall–Kier alpha value is -1.77. The monoisotopic (exact) mass is 422 g/mol. The van der Waals surface area contributed by atoms with Crippen LogP contribution in [0.2, 0.25) is 0 Å². The number of hydrogen-bond donors (Lipinski definition) is 2. The number of rotatable bonds is 4. The van der Waals surface area contributed by atoms with Crippen molar-refractivity contribution in [1.29, 1.82) is 0 Å². The summed E-state index contributed by atoms with van der Waals surface area (Å²) in [6.07, 6.45) is 0. The highest BCUT2D eigenvalue weighted by Crippen LogP contribution is 2.27. The minimum absolute atomic E-state index is 0.143. The fraction of sp³-hybridized carbons (Fsp3) is 0.188. The van der Waals surface area contributed by atoms with E-state index in [1.807, 2.05) is 49.6 Å². The number of H-pyrrole nitrogens is 1. The summed E-state index contributed by atoms with van der Waals surface area (Å²) in [5.74, 6) is 0.529. The summed E-state index contributed by atoms with van der Waals surface area (Å²) in [7, 11) is 0.